The number of nitrogens with one attached hydrogen (secondary N) is 1. The lowest BCUT2D eigenvalue weighted by Crippen LogP contribution is -2.07. The van der Waals surface area contributed by atoms with Gasteiger partial charge in [-0.3, -0.25) is 10.8 Å². The molecule has 0 aliphatic rings. The van der Waals surface area contributed by atoms with Gasteiger partial charge in [0.1, 0.15) is 0 Å². The molecule has 0 spiro atoms. The van der Waals surface area contributed by atoms with Crippen molar-refractivity contribution in [2.24, 2.45) is 11.8 Å². The molecule has 0 amide bonds. The first-order valence-electron chi connectivity index (χ1n) is 5.25. The molecule has 1 atom stereocenters. The van der Waals surface area contributed by atoms with Crippen LogP contribution in [0, 0.1) is 5.92 Å². The molecule has 1 aromatic heterocycles. The van der Waals surface area contributed by atoms with Crippen molar-refractivity contribution in [2.75, 3.05) is 11.2 Å². The average Bonchev–Trinajstić information content (AvgIpc) is 2.29. The maximum Gasteiger partial charge on any atom is 0.0523 e. The van der Waals surface area contributed by atoms with Crippen LogP contribution < -0.4 is 11.3 Å². The third-order valence-electron chi connectivity index (χ3n) is 2.33. The van der Waals surface area contributed by atoms with Gasteiger partial charge in [0.2, 0.25) is 0 Å². The minimum absolute atomic E-state index is 0.783. The third-order valence-corrected chi connectivity index (χ3v) is 3.64. The molecule has 0 saturated heterocycles. The van der Waals surface area contributed by atoms with Crippen molar-refractivity contribution in [1.82, 2.24) is 4.98 Å². The molecule has 0 aliphatic carbocycles. The zero-order valence-electron chi connectivity index (χ0n) is 9.36. The Morgan fingerprint density at radius 1 is 1.60 bits per heavy atom. The number of pyridine rings is 1. The van der Waals surface area contributed by atoms with Crippen molar-refractivity contribution in [3.05, 3.63) is 24.0 Å². The number of hydrogen-bond acceptors (Lipinski definition) is 4. The SMILES string of the molecule is CCC(C)CSCc1cc(NN)ccn1. The molecule has 15 heavy (non-hydrogen) atoms. The summed E-state index contributed by atoms with van der Waals surface area (Å²) in [4.78, 5) is 4.29. The zero-order valence-corrected chi connectivity index (χ0v) is 10.2. The molecule has 84 valence electrons. The number of anilines is 1. The van der Waals surface area contributed by atoms with E-state index < -0.39 is 0 Å². The summed E-state index contributed by atoms with van der Waals surface area (Å²) in [6, 6.07) is 3.85. The lowest BCUT2D eigenvalue weighted by molar-refractivity contribution is 0.637. The summed E-state index contributed by atoms with van der Waals surface area (Å²) in [5.41, 5.74) is 4.63. The van der Waals surface area contributed by atoms with Gasteiger partial charge in [-0.15, -0.1) is 0 Å². The fourth-order valence-electron chi connectivity index (χ4n) is 1.13. The maximum atomic E-state index is 5.33. The molecule has 3 nitrogen and oxygen atoms in total. The van der Waals surface area contributed by atoms with Crippen LogP contribution in [0.5, 0.6) is 0 Å². The first-order valence-corrected chi connectivity index (χ1v) is 6.41. The number of thioether (sulfide) groups is 1. The van der Waals surface area contributed by atoms with Gasteiger partial charge < -0.3 is 5.43 Å². The van der Waals surface area contributed by atoms with E-state index in [-0.39, 0.29) is 0 Å². The number of nitrogens with two attached hydrogens (primary N) is 1. The van der Waals surface area contributed by atoms with E-state index in [1.54, 1.807) is 6.20 Å². The molecule has 4 heteroatoms. The van der Waals surface area contributed by atoms with Gasteiger partial charge in [-0.2, -0.15) is 11.8 Å². The Balaban J connectivity index is 2.37. The van der Waals surface area contributed by atoms with Gasteiger partial charge in [0.25, 0.3) is 0 Å². The number of aromatic nitrogens is 1. The highest BCUT2D eigenvalue weighted by Crippen LogP contribution is 2.17. The molecular weight excluding hydrogens is 206 g/mol. The molecule has 1 heterocycles. The number of nitrogen functional groups attached to an aromatic ring is 1. The highest BCUT2D eigenvalue weighted by molar-refractivity contribution is 7.98. The second-order valence-electron chi connectivity index (χ2n) is 3.71. The van der Waals surface area contributed by atoms with E-state index in [9.17, 15) is 0 Å². The van der Waals surface area contributed by atoms with Gasteiger partial charge in [-0.25, -0.2) is 0 Å². The number of hydrogen-bond donors (Lipinski definition) is 2. The number of hydrazine groups is 1. The lowest BCUT2D eigenvalue weighted by Gasteiger charge is -2.07. The summed E-state index contributed by atoms with van der Waals surface area (Å²) in [5.74, 6) is 8.27. The van der Waals surface area contributed by atoms with Crippen LogP contribution in [0.4, 0.5) is 5.69 Å². The van der Waals surface area contributed by atoms with Crippen LogP contribution >= 0.6 is 11.8 Å². The van der Waals surface area contributed by atoms with Crippen LogP contribution in [0.3, 0.4) is 0 Å². The van der Waals surface area contributed by atoms with Gasteiger partial charge in [0.15, 0.2) is 0 Å². The van der Waals surface area contributed by atoms with Crippen LogP contribution in [0.15, 0.2) is 18.3 Å². The molecule has 0 fully saturated rings. The van der Waals surface area contributed by atoms with Crippen molar-refractivity contribution in [2.45, 2.75) is 26.0 Å². The van der Waals surface area contributed by atoms with Crippen molar-refractivity contribution in [1.29, 1.82) is 0 Å². The Hall–Kier alpha value is -0.740. The smallest absolute Gasteiger partial charge is 0.0523 e. The van der Waals surface area contributed by atoms with E-state index in [2.05, 4.69) is 24.3 Å². The van der Waals surface area contributed by atoms with Crippen LogP contribution in [-0.4, -0.2) is 10.7 Å². The fraction of sp³-hybridized carbons (Fsp3) is 0.545. The maximum absolute atomic E-state index is 5.33. The summed E-state index contributed by atoms with van der Waals surface area (Å²) >= 11 is 1.93. The largest absolute Gasteiger partial charge is 0.324 e. The molecule has 1 rings (SSSR count). The predicted octanol–water partition coefficient (Wildman–Crippen LogP) is 2.65. The van der Waals surface area contributed by atoms with Gasteiger partial charge >= 0.3 is 0 Å². The second kappa shape index (κ2) is 6.69. The van der Waals surface area contributed by atoms with Crippen LogP contribution in [0.1, 0.15) is 26.0 Å². The quantitative estimate of drug-likeness (QED) is 0.577. The molecule has 0 aliphatic heterocycles. The van der Waals surface area contributed by atoms with E-state index in [0.29, 0.717) is 0 Å². The van der Waals surface area contributed by atoms with Gasteiger partial charge in [-0.1, -0.05) is 20.3 Å². The van der Waals surface area contributed by atoms with Crippen molar-refractivity contribution >= 4 is 17.4 Å². The van der Waals surface area contributed by atoms with Crippen molar-refractivity contribution in [3.63, 3.8) is 0 Å². The number of nitrogens with zero attached hydrogens (tertiary/aromatic N) is 1. The molecule has 0 aromatic carbocycles. The van der Waals surface area contributed by atoms with E-state index in [4.69, 9.17) is 5.84 Å². The van der Waals surface area contributed by atoms with Crippen molar-refractivity contribution in [3.8, 4) is 0 Å². The molecule has 1 unspecified atom stereocenters. The monoisotopic (exact) mass is 225 g/mol. The Bertz CT molecular complexity index is 291. The average molecular weight is 225 g/mol. The van der Waals surface area contributed by atoms with Crippen LogP contribution in [-0.2, 0) is 5.75 Å². The van der Waals surface area contributed by atoms with Gasteiger partial charge in [0, 0.05) is 11.9 Å². The standard InChI is InChI=1S/C11H19N3S/c1-3-9(2)7-15-8-11-6-10(14-12)4-5-13-11/h4-6,9H,3,7-8,12H2,1-2H3,(H,13,14). The zero-order chi connectivity index (χ0) is 11.1. The van der Waals surface area contributed by atoms with E-state index in [0.717, 1.165) is 23.1 Å². The Morgan fingerprint density at radius 2 is 2.40 bits per heavy atom. The van der Waals surface area contributed by atoms with E-state index >= 15 is 0 Å². The predicted molar refractivity (Wildman–Crippen MR) is 67.7 cm³/mol. The summed E-state index contributed by atoms with van der Waals surface area (Å²) in [6.07, 6.45) is 3.03. The summed E-state index contributed by atoms with van der Waals surface area (Å²) in [5, 5.41) is 0. The van der Waals surface area contributed by atoms with Crippen molar-refractivity contribution < 1.29 is 0 Å². The molecule has 0 bridgehead atoms. The second-order valence-corrected chi connectivity index (χ2v) is 4.74. The fourth-order valence-corrected chi connectivity index (χ4v) is 2.25. The van der Waals surface area contributed by atoms with Crippen LogP contribution in [0.2, 0.25) is 0 Å². The van der Waals surface area contributed by atoms with Gasteiger partial charge in [-0.05, 0) is 23.8 Å². The summed E-state index contributed by atoms with van der Waals surface area (Å²) < 4.78 is 0. The Kier molecular flexibility index (Phi) is 5.50. The Labute approximate surface area is 95.8 Å². The molecule has 1 aromatic rings. The minimum atomic E-state index is 0.783. The lowest BCUT2D eigenvalue weighted by atomic mass is 10.2. The van der Waals surface area contributed by atoms with Gasteiger partial charge in [0.05, 0.1) is 11.4 Å². The van der Waals surface area contributed by atoms with Crippen LogP contribution in [0.25, 0.3) is 0 Å². The Morgan fingerprint density at radius 3 is 3.07 bits per heavy atom. The first-order chi connectivity index (χ1) is 7.26. The summed E-state index contributed by atoms with van der Waals surface area (Å²) in [7, 11) is 0. The number of rotatable bonds is 6. The minimum Gasteiger partial charge on any atom is -0.324 e. The highest BCUT2D eigenvalue weighted by atomic mass is 32.2. The topological polar surface area (TPSA) is 50.9 Å². The van der Waals surface area contributed by atoms with E-state index in [1.165, 1.54) is 12.2 Å². The molecule has 3 N–H and O–H groups in total. The third kappa shape index (κ3) is 4.53. The molecule has 0 saturated carbocycles. The highest BCUT2D eigenvalue weighted by Gasteiger charge is 2.01. The molecular formula is C11H19N3S. The van der Waals surface area contributed by atoms with E-state index in [1.807, 2.05) is 23.9 Å². The molecule has 0 radical (unpaired) electrons. The normalized spacial score (nSPS) is 12.5. The summed E-state index contributed by atoms with van der Waals surface area (Å²) in [6.45, 7) is 4.50. The first kappa shape index (κ1) is 12.3.